The number of aliphatic hydroxyl groups is 1. The molecule has 0 aliphatic carbocycles. The van der Waals surface area contributed by atoms with Gasteiger partial charge in [-0.2, -0.15) is 0 Å². The fourth-order valence-corrected chi connectivity index (χ4v) is 2.29. The zero-order valence-electron chi connectivity index (χ0n) is 12.4. The number of anilines is 1. The fraction of sp³-hybridized carbons (Fsp3) is 0.562. The predicted octanol–water partition coefficient (Wildman–Crippen LogP) is 1.97. The number of aliphatic hydroxyl groups excluding tert-OH is 1. The zero-order chi connectivity index (χ0) is 15.0. The van der Waals surface area contributed by atoms with Crippen LogP contribution in [0.15, 0.2) is 24.3 Å². The predicted molar refractivity (Wildman–Crippen MR) is 82.2 cm³/mol. The van der Waals surface area contributed by atoms with Crippen LogP contribution >= 0.6 is 0 Å². The molecule has 1 aromatic rings. The normalized spacial score (nSPS) is 12.4. The summed E-state index contributed by atoms with van der Waals surface area (Å²) in [6.45, 7) is 5.11. The molecule has 0 radical (unpaired) electrons. The van der Waals surface area contributed by atoms with Gasteiger partial charge in [0.25, 0.3) is 0 Å². The van der Waals surface area contributed by atoms with Crippen LogP contribution < -0.4 is 11.1 Å². The molecule has 0 spiro atoms. The van der Waals surface area contributed by atoms with Gasteiger partial charge in [-0.25, -0.2) is 0 Å². The molecule has 20 heavy (non-hydrogen) atoms. The molecule has 112 valence electrons. The van der Waals surface area contributed by atoms with Gasteiger partial charge in [0.2, 0.25) is 5.91 Å². The topological polar surface area (TPSA) is 75.3 Å². The monoisotopic (exact) mass is 278 g/mol. The van der Waals surface area contributed by atoms with Gasteiger partial charge in [0, 0.05) is 18.8 Å². The highest BCUT2D eigenvalue weighted by Gasteiger charge is 2.12. The van der Waals surface area contributed by atoms with E-state index in [-0.39, 0.29) is 12.5 Å². The van der Waals surface area contributed by atoms with Gasteiger partial charge in [-0.05, 0) is 42.4 Å². The number of nitrogens with one attached hydrogen (secondary N) is 1. The van der Waals surface area contributed by atoms with E-state index in [2.05, 4.69) is 19.2 Å². The van der Waals surface area contributed by atoms with Crippen molar-refractivity contribution >= 4 is 11.6 Å². The molecule has 1 unspecified atom stereocenters. The lowest BCUT2D eigenvalue weighted by Gasteiger charge is -2.18. The Labute approximate surface area is 121 Å². The highest BCUT2D eigenvalue weighted by atomic mass is 16.3. The number of hydrogen-bond acceptors (Lipinski definition) is 3. The Balaban J connectivity index is 2.38. The van der Waals surface area contributed by atoms with Crippen LogP contribution in [-0.2, 0) is 11.2 Å². The average molecular weight is 278 g/mol. The van der Waals surface area contributed by atoms with Gasteiger partial charge < -0.3 is 16.2 Å². The molecule has 4 nitrogen and oxygen atoms in total. The van der Waals surface area contributed by atoms with Crippen molar-refractivity contribution in [1.29, 1.82) is 0 Å². The summed E-state index contributed by atoms with van der Waals surface area (Å²) < 4.78 is 0. The van der Waals surface area contributed by atoms with Gasteiger partial charge in [-0.1, -0.05) is 26.0 Å². The first kappa shape index (κ1) is 16.5. The molecule has 0 saturated heterocycles. The molecule has 1 atom stereocenters. The molecule has 4 heteroatoms. The van der Waals surface area contributed by atoms with Crippen molar-refractivity contribution in [3.05, 3.63) is 29.8 Å². The minimum absolute atomic E-state index is 0.0152. The van der Waals surface area contributed by atoms with Crippen LogP contribution in [-0.4, -0.2) is 24.2 Å². The largest absolute Gasteiger partial charge is 0.399 e. The second kappa shape index (κ2) is 8.59. The van der Waals surface area contributed by atoms with Crippen LogP contribution in [0.5, 0.6) is 0 Å². The third-order valence-electron chi connectivity index (χ3n) is 3.27. The maximum Gasteiger partial charge on any atom is 0.224 e. The number of benzene rings is 1. The van der Waals surface area contributed by atoms with Crippen molar-refractivity contribution in [3.8, 4) is 0 Å². The third kappa shape index (κ3) is 6.57. The first-order valence-electron chi connectivity index (χ1n) is 7.23. The van der Waals surface area contributed by atoms with Crippen LogP contribution in [0.4, 0.5) is 5.69 Å². The lowest BCUT2D eigenvalue weighted by Crippen LogP contribution is -2.31. The van der Waals surface area contributed by atoms with E-state index in [1.807, 2.05) is 12.1 Å². The lowest BCUT2D eigenvalue weighted by molar-refractivity contribution is -0.120. The Bertz CT molecular complexity index is 401. The number of amides is 1. The van der Waals surface area contributed by atoms with E-state index in [1.54, 1.807) is 12.1 Å². The molecular weight excluding hydrogens is 252 g/mol. The van der Waals surface area contributed by atoms with Crippen LogP contribution in [0, 0.1) is 11.8 Å². The quantitative estimate of drug-likeness (QED) is 0.636. The van der Waals surface area contributed by atoms with Gasteiger partial charge in [-0.15, -0.1) is 0 Å². The minimum atomic E-state index is 0.0152. The van der Waals surface area contributed by atoms with E-state index in [9.17, 15) is 4.79 Å². The summed E-state index contributed by atoms with van der Waals surface area (Å²) >= 11 is 0. The molecule has 4 N–H and O–H groups in total. The first-order chi connectivity index (χ1) is 9.51. The molecule has 0 bridgehead atoms. The van der Waals surface area contributed by atoms with Crippen LogP contribution in [0.25, 0.3) is 0 Å². The molecule has 1 aromatic carbocycles. The van der Waals surface area contributed by atoms with Gasteiger partial charge in [0.05, 0.1) is 6.42 Å². The summed E-state index contributed by atoms with van der Waals surface area (Å²) in [7, 11) is 0. The summed E-state index contributed by atoms with van der Waals surface area (Å²) in [6, 6.07) is 7.34. The molecular formula is C16H26N2O2. The second-order valence-electron chi connectivity index (χ2n) is 5.73. The van der Waals surface area contributed by atoms with Gasteiger partial charge >= 0.3 is 0 Å². The van der Waals surface area contributed by atoms with E-state index in [4.69, 9.17) is 10.8 Å². The molecule has 1 rings (SSSR count). The summed E-state index contributed by atoms with van der Waals surface area (Å²) in [4.78, 5) is 11.9. The summed E-state index contributed by atoms with van der Waals surface area (Å²) in [6.07, 6.45) is 2.12. The summed E-state index contributed by atoms with van der Waals surface area (Å²) in [5, 5.41) is 12.0. The van der Waals surface area contributed by atoms with Crippen molar-refractivity contribution in [3.63, 3.8) is 0 Å². The number of hydrogen-bond donors (Lipinski definition) is 3. The van der Waals surface area contributed by atoms with Crippen LogP contribution in [0.1, 0.15) is 32.3 Å². The van der Waals surface area contributed by atoms with Gasteiger partial charge in [0.1, 0.15) is 0 Å². The van der Waals surface area contributed by atoms with E-state index in [0.29, 0.717) is 30.5 Å². The number of nitrogen functional groups attached to an aromatic ring is 1. The van der Waals surface area contributed by atoms with Crippen molar-refractivity contribution < 1.29 is 9.90 Å². The Hall–Kier alpha value is -1.55. The molecule has 0 aliphatic rings. The molecule has 0 aliphatic heterocycles. The van der Waals surface area contributed by atoms with E-state index in [1.165, 1.54) is 0 Å². The molecule has 0 fully saturated rings. The minimum Gasteiger partial charge on any atom is -0.399 e. The maximum atomic E-state index is 11.9. The first-order valence-corrected chi connectivity index (χ1v) is 7.23. The molecule has 0 heterocycles. The molecule has 0 aromatic heterocycles. The van der Waals surface area contributed by atoms with E-state index < -0.39 is 0 Å². The number of nitrogens with two attached hydrogens (primary N) is 1. The Morgan fingerprint density at radius 3 is 2.50 bits per heavy atom. The third-order valence-corrected chi connectivity index (χ3v) is 3.27. The number of rotatable bonds is 8. The van der Waals surface area contributed by atoms with E-state index >= 15 is 0 Å². The van der Waals surface area contributed by atoms with Crippen LogP contribution in [0.2, 0.25) is 0 Å². The van der Waals surface area contributed by atoms with Crippen molar-refractivity contribution in [2.45, 2.75) is 33.1 Å². The average Bonchev–Trinajstić information content (AvgIpc) is 2.38. The highest BCUT2D eigenvalue weighted by Crippen LogP contribution is 2.14. The van der Waals surface area contributed by atoms with Crippen molar-refractivity contribution in [1.82, 2.24) is 5.32 Å². The fourth-order valence-electron chi connectivity index (χ4n) is 2.29. The standard InChI is InChI=1S/C16H26N2O2/c1-12(2)9-14(7-8-19)11-18-16(20)10-13-3-5-15(17)6-4-13/h3-6,12,14,19H,7-11,17H2,1-2H3,(H,18,20). The second-order valence-corrected chi connectivity index (χ2v) is 5.73. The van der Waals surface area contributed by atoms with Crippen molar-refractivity contribution in [2.75, 3.05) is 18.9 Å². The van der Waals surface area contributed by atoms with Crippen molar-refractivity contribution in [2.24, 2.45) is 11.8 Å². The molecule has 1 amide bonds. The Morgan fingerprint density at radius 2 is 1.95 bits per heavy atom. The molecule has 0 saturated carbocycles. The Kier molecular flexibility index (Phi) is 7.09. The number of carbonyl (C=O) groups excluding carboxylic acids is 1. The summed E-state index contributed by atoms with van der Waals surface area (Å²) in [5.74, 6) is 0.928. The van der Waals surface area contributed by atoms with Gasteiger partial charge in [-0.3, -0.25) is 4.79 Å². The number of carbonyl (C=O) groups is 1. The van der Waals surface area contributed by atoms with Gasteiger partial charge in [0.15, 0.2) is 0 Å². The Morgan fingerprint density at radius 1 is 1.30 bits per heavy atom. The lowest BCUT2D eigenvalue weighted by atomic mass is 9.94. The zero-order valence-corrected chi connectivity index (χ0v) is 12.4. The smallest absolute Gasteiger partial charge is 0.224 e. The SMILES string of the molecule is CC(C)CC(CCO)CNC(=O)Cc1ccc(N)cc1. The highest BCUT2D eigenvalue weighted by molar-refractivity contribution is 5.78. The van der Waals surface area contributed by atoms with Crippen LogP contribution in [0.3, 0.4) is 0 Å². The summed E-state index contributed by atoms with van der Waals surface area (Å²) in [5.41, 5.74) is 7.27. The maximum absolute atomic E-state index is 11.9. The van der Waals surface area contributed by atoms with E-state index in [0.717, 1.165) is 18.4 Å².